The average Bonchev–Trinajstić information content (AvgIpc) is 2.47. The molecule has 0 saturated carbocycles. The lowest BCUT2D eigenvalue weighted by atomic mass is 9.76. The number of nitrogens with zero attached hydrogens (tertiary/aromatic N) is 1. The zero-order valence-corrected chi connectivity index (χ0v) is 16.1. The van der Waals surface area contributed by atoms with Crippen molar-refractivity contribution in [2.75, 3.05) is 13.1 Å². The van der Waals surface area contributed by atoms with Crippen molar-refractivity contribution in [2.24, 2.45) is 0 Å². The van der Waals surface area contributed by atoms with Crippen LogP contribution in [0.1, 0.15) is 52.5 Å². The first-order chi connectivity index (χ1) is 10.7. The van der Waals surface area contributed by atoms with Crippen LogP contribution in [0.25, 0.3) is 0 Å². The third kappa shape index (κ3) is 5.75. The van der Waals surface area contributed by atoms with E-state index >= 15 is 0 Å². The Morgan fingerprint density at radius 1 is 1.04 bits per heavy atom. The maximum atomic E-state index is 10.3. The van der Waals surface area contributed by atoms with Crippen LogP contribution in [0.3, 0.4) is 0 Å². The second-order valence-corrected chi connectivity index (χ2v) is 7.62. The fraction of sp³-hybridized carbons (Fsp3) is 0.667. The molecule has 0 aromatic heterocycles. The summed E-state index contributed by atoms with van der Waals surface area (Å²) in [4.78, 5) is 2.48. The lowest BCUT2D eigenvalue weighted by Gasteiger charge is -2.38. The maximum Gasteiger partial charge on any atom is 0.491 e. The Hall–Kier alpha value is -0.585. The first kappa shape index (κ1) is 21.5. The SMILES string of the molecule is CC(C)(O)C(C)(C)OB(O)c1ccc(CN2CCCCC2)cc1.Cl. The van der Waals surface area contributed by atoms with Gasteiger partial charge in [-0.15, -0.1) is 12.4 Å². The maximum absolute atomic E-state index is 10.3. The van der Waals surface area contributed by atoms with E-state index in [1.807, 2.05) is 24.3 Å². The highest BCUT2D eigenvalue weighted by Gasteiger charge is 2.39. The summed E-state index contributed by atoms with van der Waals surface area (Å²) < 4.78 is 5.67. The number of benzene rings is 1. The summed E-state index contributed by atoms with van der Waals surface area (Å²) in [7, 11) is -1.04. The summed E-state index contributed by atoms with van der Waals surface area (Å²) in [5, 5.41) is 20.4. The largest absolute Gasteiger partial charge is 0.491 e. The Morgan fingerprint density at radius 3 is 2.08 bits per heavy atom. The summed E-state index contributed by atoms with van der Waals surface area (Å²) in [6, 6.07) is 7.91. The minimum absolute atomic E-state index is 0. The minimum Gasteiger partial charge on any atom is -0.423 e. The van der Waals surface area contributed by atoms with E-state index in [2.05, 4.69) is 4.90 Å². The van der Waals surface area contributed by atoms with Crippen molar-refractivity contribution in [2.45, 2.75) is 64.7 Å². The summed E-state index contributed by atoms with van der Waals surface area (Å²) in [5.74, 6) is 0. The predicted molar refractivity (Wildman–Crippen MR) is 102 cm³/mol. The molecule has 0 unspecified atom stereocenters. The van der Waals surface area contributed by atoms with Crippen LogP contribution in [-0.2, 0) is 11.2 Å². The molecular formula is C18H31BClNO3. The zero-order valence-electron chi connectivity index (χ0n) is 15.3. The smallest absolute Gasteiger partial charge is 0.423 e. The number of hydrogen-bond acceptors (Lipinski definition) is 4. The van der Waals surface area contributed by atoms with Gasteiger partial charge in [0.15, 0.2) is 0 Å². The molecule has 0 bridgehead atoms. The van der Waals surface area contributed by atoms with Crippen molar-refractivity contribution in [3.05, 3.63) is 29.8 Å². The van der Waals surface area contributed by atoms with Gasteiger partial charge in [-0.1, -0.05) is 30.7 Å². The van der Waals surface area contributed by atoms with Crippen LogP contribution in [0.15, 0.2) is 24.3 Å². The number of piperidine rings is 1. The molecule has 0 radical (unpaired) electrons. The topological polar surface area (TPSA) is 52.9 Å². The molecule has 1 aromatic rings. The molecular weight excluding hydrogens is 324 g/mol. The van der Waals surface area contributed by atoms with Gasteiger partial charge in [-0.05, 0) is 64.7 Å². The molecule has 1 aliphatic rings. The number of aliphatic hydroxyl groups is 1. The monoisotopic (exact) mass is 355 g/mol. The van der Waals surface area contributed by atoms with Crippen molar-refractivity contribution in [3.63, 3.8) is 0 Å². The molecule has 4 nitrogen and oxygen atoms in total. The highest BCUT2D eigenvalue weighted by molar-refractivity contribution is 6.60. The second kappa shape index (κ2) is 8.68. The molecule has 136 valence electrons. The number of hydrogen-bond donors (Lipinski definition) is 2. The van der Waals surface area contributed by atoms with E-state index in [4.69, 9.17) is 4.65 Å². The van der Waals surface area contributed by atoms with E-state index in [9.17, 15) is 10.1 Å². The van der Waals surface area contributed by atoms with Gasteiger partial charge >= 0.3 is 7.12 Å². The molecule has 1 heterocycles. The molecule has 1 aromatic carbocycles. The Kier molecular flexibility index (Phi) is 7.76. The molecule has 1 saturated heterocycles. The van der Waals surface area contributed by atoms with E-state index < -0.39 is 18.3 Å². The van der Waals surface area contributed by atoms with Crippen LogP contribution in [-0.4, -0.2) is 46.4 Å². The van der Waals surface area contributed by atoms with Gasteiger partial charge in [-0.3, -0.25) is 4.90 Å². The van der Waals surface area contributed by atoms with Gasteiger partial charge in [0.25, 0.3) is 0 Å². The lowest BCUT2D eigenvalue weighted by molar-refractivity contribution is -0.0982. The molecule has 0 spiro atoms. The Bertz CT molecular complexity index is 496. The highest BCUT2D eigenvalue weighted by Crippen LogP contribution is 2.25. The average molecular weight is 356 g/mol. The quantitative estimate of drug-likeness (QED) is 0.769. The fourth-order valence-electron chi connectivity index (χ4n) is 2.65. The van der Waals surface area contributed by atoms with Crippen LogP contribution in [0, 0.1) is 0 Å². The number of rotatable bonds is 6. The molecule has 6 heteroatoms. The fourth-order valence-corrected chi connectivity index (χ4v) is 2.65. The summed E-state index contributed by atoms with van der Waals surface area (Å²) in [6.07, 6.45) is 3.92. The van der Waals surface area contributed by atoms with Gasteiger partial charge in [0.05, 0.1) is 11.2 Å². The molecule has 0 amide bonds. The first-order valence-corrected chi connectivity index (χ1v) is 8.58. The van der Waals surface area contributed by atoms with E-state index in [-0.39, 0.29) is 12.4 Å². The number of likely N-dealkylation sites (tertiary alicyclic amines) is 1. The van der Waals surface area contributed by atoms with E-state index in [1.54, 1.807) is 27.7 Å². The van der Waals surface area contributed by atoms with Crippen molar-refractivity contribution in [1.82, 2.24) is 4.90 Å². The summed E-state index contributed by atoms with van der Waals surface area (Å²) in [5.41, 5.74) is 0.0791. The highest BCUT2D eigenvalue weighted by atomic mass is 35.5. The van der Waals surface area contributed by atoms with Crippen molar-refractivity contribution in [1.29, 1.82) is 0 Å². The van der Waals surface area contributed by atoms with Crippen molar-refractivity contribution >= 4 is 25.0 Å². The van der Waals surface area contributed by atoms with Crippen molar-refractivity contribution in [3.8, 4) is 0 Å². The van der Waals surface area contributed by atoms with Crippen LogP contribution in [0.2, 0.25) is 0 Å². The molecule has 1 aliphatic heterocycles. The third-order valence-electron chi connectivity index (χ3n) is 5.00. The van der Waals surface area contributed by atoms with Gasteiger partial charge in [0.2, 0.25) is 0 Å². The van der Waals surface area contributed by atoms with Crippen molar-refractivity contribution < 1.29 is 14.8 Å². The van der Waals surface area contributed by atoms with E-state index in [0.717, 1.165) is 6.54 Å². The van der Waals surface area contributed by atoms with Crippen LogP contribution in [0.5, 0.6) is 0 Å². The second-order valence-electron chi connectivity index (χ2n) is 7.62. The molecule has 1 fully saturated rings. The molecule has 24 heavy (non-hydrogen) atoms. The summed E-state index contributed by atoms with van der Waals surface area (Å²) >= 11 is 0. The standard InChI is InChI=1S/C18H30BNO3.ClH/c1-17(2,21)18(3,4)23-19(22)16-10-8-15(9-11-16)14-20-12-6-5-7-13-20;/h8-11,21-22H,5-7,12-14H2,1-4H3;1H. The van der Waals surface area contributed by atoms with Gasteiger partial charge in [0, 0.05) is 6.54 Å². The zero-order chi connectivity index (χ0) is 17.1. The Morgan fingerprint density at radius 2 is 1.58 bits per heavy atom. The Labute approximate surface area is 152 Å². The molecule has 0 aliphatic carbocycles. The molecule has 0 atom stereocenters. The van der Waals surface area contributed by atoms with Crippen LogP contribution in [0.4, 0.5) is 0 Å². The van der Waals surface area contributed by atoms with Crippen LogP contribution >= 0.6 is 12.4 Å². The van der Waals surface area contributed by atoms with Gasteiger partial charge in [-0.2, -0.15) is 0 Å². The normalized spacial score (nSPS) is 16.6. The molecule has 2 rings (SSSR count). The predicted octanol–water partition coefficient (Wildman–Crippen LogP) is 2.35. The van der Waals surface area contributed by atoms with E-state index in [1.165, 1.54) is 37.9 Å². The van der Waals surface area contributed by atoms with Gasteiger partial charge in [0.1, 0.15) is 0 Å². The van der Waals surface area contributed by atoms with Gasteiger partial charge < -0.3 is 14.8 Å². The van der Waals surface area contributed by atoms with Crippen LogP contribution < -0.4 is 5.46 Å². The lowest BCUT2D eigenvalue weighted by Crippen LogP contribution is -2.53. The molecule has 2 N–H and O–H groups in total. The summed E-state index contributed by atoms with van der Waals surface area (Å²) in [6.45, 7) is 10.2. The van der Waals surface area contributed by atoms with E-state index in [0.29, 0.717) is 5.46 Å². The third-order valence-corrected chi connectivity index (χ3v) is 5.00. The first-order valence-electron chi connectivity index (χ1n) is 8.58. The number of halogens is 1. The van der Waals surface area contributed by atoms with Gasteiger partial charge in [-0.25, -0.2) is 0 Å². The minimum atomic E-state index is -1.04. The Balaban J connectivity index is 0.00000288.